The lowest BCUT2D eigenvalue weighted by Crippen LogP contribution is -2.45. The maximum atomic E-state index is 12.5. The smallest absolute Gasteiger partial charge is 0.492 e. The van der Waals surface area contributed by atoms with Crippen LogP contribution in [0, 0.1) is 0 Å². The number of benzene rings is 3. The Kier molecular flexibility index (Phi) is 7.81. The number of likely N-dealkylation sites (N-methyl/N-ethyl adjacent to an activating group) is 1. The van der Waals surface area contributed by atoms with E-state index < -0.39 is 6.36 Å². The Morgan fingerprint density at radius 1 is 0.905 bits per heavy atom. The van der Waals surface area contributed by atoms with Crippen molar-refractivity contribution < 1.29 is 27.2 Å². The predicted molar refractivity (Wildman–Crippen MR) is 150 cm³/mol. The highest BCUT2D eigenvalue weighted by Crippen LogP contribution is 2.30. The van der Waals surface area contributed by atoms with Gasteiger partial charge < -0.3 is 18.9 Å². The van der Waals surface area contributed by atoms with Gasteiger partial charge in [-0.15, -0.1) is 13.2 Å². The molecule has 0 N–H and O–H groups in total. The molecule has 12 heteroatoms. The lowest BCUT2D eigenvalue weighted by atomic mass is 10.2. The van der Waals surface area contributed by atoms with Crippen molar-refractivity contribution in [3.63, 3.8) is 0 Å². The van der Waals surface area contributed by atoms with Gasteiger partial charge in [-0.25, -0.2) is 0 Å². The fourth-order valence-electron chi connectivity index (χ4n) is 4.92. The SMILES string of the molecule is CN1CCN(CCOc2cccc(Cn3nc(-c4nc(-c5ccc(OC(F)(F)F)cc5)no4)c4ccccc43)c2)CC1. The van der Waals surface area contributed by atoms with Gasteiger partial charge in [0.25, 0.3) is 5.89 Å². The normalized spacial score (nSPS) is 14.9. The van der Waals surface area contributed by atoms with Crippen LogP contribution in [-0.2, 0) is 6.54 Å². The molecule has 3 heterocycles. The van der Waals surface area contributed by atoms with Crippen molar-refractivity contribution in [1.29, 1.82) is 0 Å². The van der Waals surface area contributed by atoms with Gasteiger partial charge in [-0.2, -0.15) is 10.1 Å². The van der Waals surface area contributed by atoms with Gasteiger partial charge in [0.1, 0.15) is 18.1 Å². The van der Waals surface area contributed by atoms with Gasteiger partial charge >= 0.3 is 6.36 Å². The van der Waals surface area contributed by atoms with Crippen LogP contribution in [0.3, 0.4) is 0 Å². The average molecular weight is 579 g/mol. The van der Waals surface area contributed by atoms with Crippen LogP contribution in [0.1, 0.15) is 5.56 Å². The van der Waals surface area contributed by atoms with Gasteiger partial charge in [-0.1, -0.05) is 35.5 Å². The molecule has 0 amide bonds. The van der Waals surface area contributed by atoms with E-state index in [2.05, 4.69) is 31.7 Å². The third-order valence-corrected chi connectivity index (χ3v) is 7.14. The van der Waals surface area contributed by atoms with Crippen molar-refractivity contribution in [2.45, 2.75) is 12.9 Å². The molecule has 0 bridgehead atoms. The molecular weight excluding hydrogens is 549 g/mol. The van der Waals surface area contributed by atoms with E-state index in [4.69, 9.17) is 14.4 Å². The molecular formula is C30H29F3N6O3. The molecule has 0 atom stereocenters. The molecule has 2 aromatic heterocycles. The number of fused-ring (bicyclic) bond motifs is 1. The highest BCUT2D eigenvalue weighted by Gasteiger charge is 2.31. The zero-order valence-corrected chi connectivity index (χ0v) is 22.9. The van der Waals surface area contributed by atoms with E-state index in [0.29, 0.717) is 24.4 Å². The zero-order chi connectivity index (χ0) is 29.1. The van der Waals surface area contributed by atoms with Gasteiger partial charge in [0, 0.05) is 43.7 Å². The van der Waals surface area contributed by atoms with Crippen LogP contribution in [0.15, 0.2) is 77.3 Å². The third kappa shape index (κ3) is 6.55. The minimum Gasteiger partial charge on any atom is -0.492 e. The Hall–Kier alpha value is -4.42. The molecule has 218 valence electrons. The minimum atomic E-state index is -4.76. The maximum Gasteiger partial charge on any atom is 0.573 e. The number of alkyl halides is 3. The predicted octanol–water partition coefficient (Wildman–Crippen LogP) is 5.33. The van der Waals surface area contributed by atoms with Crippen molar-refractivity contribution in [1.82, 2.24) is 29.7 Å². The van der Waals surface area contributed by atoms with E-state index in [9.17, 15) is 13.2 Å². The van der Waals surface area contributed by atoms with Gasteiger partial charge in [0.15, 0.2) is 5.69 Å². The monoisotopic (exact) mass is 578 g/mol. The first-order chi connectivity index (χ1) is 20.3. The molecule has 5 aromatic rings. The number of rotatable bonds is 9. The number of piperazine rings is 1. The Balaban J connectivity index is 1.17. The van der Waals surface area contributed by atoms with Crippen LogP contribution < -0.4 is 9.47 Å². The quantitative estimate of drug-likeness (QED) is 0.232. The van der Waals surface area contributed by atoms with Gasteiger partial charge in [-0.3, -0.25) is 9.58 Å². The zero-order valence-electron chi connectivity index (χ0n) is 22.9. The molecule has 1 aliphatic heterocycles. The molecule has 9 nitrogen and oxygen atoms in total. The molecule has 1 aliphatic rings. The second kappa shape index (κ2) is 11.8. The van der Waals surface area contributed by atoms with E-state index in [1.807, 2.05) is 53.2 Å². The maximum absolute atomic E-state index is 12.5. The van der Waals surface area contributed by atoms with Crippen LogP contribution in [0.5, 0.6) is 11.5 Å². The summed E-state index contributed by atoms with van der Waals surface area (Å²) >= 11 is 0. The second-order valence-electron chi connectivity index (χ2n) is 10.2. The summed E-state index contributed by atoms with van der Waals surface area (Å²) in [5.41, 5.74) is 2.91. The topological polar surface area (TPSA) is 81.7 Å². The standard InChI is InChI=1S/C30H29F3N6O3/c1-37-13-15-38(16-14-37)17-18-40-24-6-4-5-21(19-24)20-39-26-8-3-2-7-25(26)27(35-39)29-34-28(36-42-29)22-9-11-23(12-10-22)41-30(31,32)33/h2-12,19H,13-18,20H2,1H3. The summed E-state index contributed by atoms with van der Waals surface area (Å²) in [6.45, 7) is 6.28. The number of hydrogen-bond acceptors (Lipinski definition) is 8. The summed E-state index contributed by atoms with van der Waals surface area (Å²) in [6, 6.07) is 21.0. The number of aromatic nitrogens is 4. The van der Waals surface area contributed by atoms with Crippen LogP contribution >= 0.6 is 0 Å². The first-order valence-electron chi connectivity index (χ1n) is 13.6. The van der Waals surface area contributed by atoms with Gasteiger partial charge in [0.05, 0.1) is 12.1 Å². The van der Waals surface area contributed by atoms with E-state index in [0.717, 1.165) is 54.9 Å². The molecule has 0 aliphatic carbocycles. The molecule has 1 fully saturated rings. The number of hydrogen-bond donors (Lipinski definition) is 0. The highest BCUT2D eigenvalue weighted by molar-refractivity contribution is 5.91. The molecule has 0 unspecified atom stereocenters. The summed E-state index contributed by atoms with van der Waals surface area (Å²) in [6.07, 6.45) is -4.76. The van der Waals surface area contributed by atoms with Crippen molar-refractivity contribution in [3.05, 3.63) is 78.4 Å². The molecule has 0 spiro atoms. The fourth-order valence-corrected chi connectivity index (χ4v) is 4.92. The summed E-state index contributed by atoms with van der Waals surface area (Å²) < 4.78 is 54.9. The summed E-state index contributed by atoms with van der Waals surface area (Å²) in [4.78, 5) is 9.23. The Bertz CT molecular complexity index is 1640. The molecule has 42 heavy (non-hydrogen) atoms. The fraction of sp³-hybridized carbons (Fsp3) is 0.300. The molecule has 0 saturated carbocycles. The van der Waals surface area contributed by atoms with Crippen molar-refractivity contribution in [2.24, 2.45) is 0 Å². The van der Waals surface area contributed by atoms with Crippen LogP contribution in [0.2, 0.25) is 0 Å². The number of nitrogens with zero attached hydrogens (tertiary/aromatic N) is 6. The first kappa shape index (κ1) is 27.7. The van der Waals surface area contributed by atoms with Gasteiger partial charge in [0.2, 0.25) is 5.82 Å². The number of halogens is 3. The van der Waals surface area contributed by atoms with Crippen LogP contribution in [0.4, 0.5) is 13.2 Å². The molecule has 6 rings (SSSR count). The van der Waals surface area contributed by atoms with Crippen molar-refractivity contribution in [3.8, 4) is 34.5 Å². The average Bonchev–Trinajstić information content (AvgIpc) is 3.60. The summed E-state index contributed by atoms with van der Waals surface area (Å²) in [5.74, 6) is 0.913. The van der Waals surface area contributed by atoms with E-state index in [-0.39, 0.29) is 17.5 Å². The van der Waals surface area contributed by atoms with Crippen LogP contribution in [0.25, 0.3) is 33.9 Å². The second-order valence-corrected chi connectivity index (χ2v) is 10.2. The Morgan fingerprint density at radius 3 is 2.48 bits per heavy atom. The first-order valence-corrected chi connectivity index (χ1v) is 13.6. The lowest BCUT2D eigenvalue weighted by molar-refractivity contribution is -0.274. The van der Waals surface area contributed by atoms with Crippen molar-refractivity contribution in [2.75, 3.05) is 46.4 Å². The minimum absolute atomic E-state index is 0.205. The van der Waals surface area contributed by atoms with E-state index in [1.54, 1.807) is 0 Å². The third-order valence-electron chi connectivity index (χ3n) is 7.14. The van der Waals surface area contributed by atoms with Crippen molar-refractivity contribution >= 4 is 10.9 Å². The molecule has 0 radical (unpaired) electrons. The summed E-state index contributed by atoms with van der Waals surface area (Å²) in [5, 5.41) is 9.66. The largest absolute Gasteiger partial charge is 0.573 e. The summed E-state index contributed by atoms with van der Waals surface area (Å²) in [7, 11) is 2.15. The van der Waals surface area contributed by atoms with Crippen LogP contribution in [-0.4, -0.2) is 82.5 Å². The number of ether oxygens (including phenoxy) is 2. The Labute approximate surface area is 240 Å². The van der Waals surface area contributed by atoms with E-state index in [1.165, 1.54) is 24.3 Å². The highest BCUT2D eigenvalue weighted by atomic mass is 19.4. The molecule has 3 aromatic carbocycles. The Morgan fingerprint density at radius 2 is 1.69 bits per heavy atom. The molecule has 1 saturated heterocycles. The van der Waals surface area contributed by atoms with E-state index >= 15 is 0 Å². The lowest BCUT2D eigenvalue weighted by Gasteiger charge is -2.32. The number of para-hydroxylation sites is 1. The van der Waals surface area contributed by atoms with Gasteiger partial charge in [-0.05, 0) is 55.1 Å².